The Bertz CT molecular complexity index is 58.6. The van der Waals surface area contributed by atoms with Crippen molar-refractivity contribution in [2.24, 2.45) is 0 Å². The fourth-order valence-corrected chi connectivity index (χ4v) is 0. The predicted octanol–water partition coefficient (Wildman–Crippen LogP) is -1.76. The molecule has 0 aromatic rings. The fraction of sp³-hybridized carbons (Fsp3) is 0. The molecule has 8 heteroatoms. The zero-order valence-electron chi connectivity index (χ0n) is 3.35. The average Bonchev–Trinajstić information content (AvgIpc) is 0.722. The van der Waals surface area contributed by atoms with Crippen LogP contribution in [-0.2, 0) is 37.8 Å². The first-order chi connectivity index (χ1) is 2.00. The largest absolute Gasteiger partial charge is 0.466 e. The maximum Gasteiger partial charge on any atom is 0.466 e. The third kappa shape index (κ3) is 228. The SMILES string of the molecule is O.O=P(O)(O)O.[Co].[Ni]. The van der Waals surface area contributed by atoms with Crippen LogP contribution in [0.1, 0.15) is 0 Å². The van der Waals surface area contributed by atoms with Gasteiger partial charge in [0.25, 0.3) is 0 Å². The van der Waals surface area contributed by atoms with Crippen molar-refractivity contribution in [3.63, 3.8) is 0 Å². The van der Waals surface area contributed by atoms with E-state index >= 15 is 0 Å². The van der Waals surface area contributed by atoms with Gasteiger partial charge in [-0.15, -0.1) is 0 Å². The fourth-order valence-electron chi connectivity index (χ4n) is 0. The van der Waals surface area contributed by atoms with E-state index in [0.29, 0.717) is 0 Å². The molecule has 0 rings (SSSR count). The summed E-state index contributed by atoms with van der Waals surface area (Å²) in [6, 6.07) is 0. The molecule has 0 unspecified atom stereocenters. The molecule has 0 saturated heterocycles. The van der Waals surface area contributed by atoms with Crippen molar-refractivity contribution in [3.8, 4) is 0 Å². The second-order valence-corrected chi connectivity index (χ2v) is 1.54. The number of rotatable bonds is 0. The smallest absolute Gasteiger partial charge is 0.412 e. The minimum atomic E-state index is -4.64. The molecule has 0 heterocycles. The van der Waals surface area contributed by atoms with Crippen LogP contribution in [0.3, 0.4) is 0 Å². The summed E-state index contributed by atoms with van der Waals surface area (Å²) in [5, 5.41) is 0. The van der Waals surface area contributed by atoms with E-state index in [1.165, 1.54) is 0 Å². The predicted molar refractivity (Wildman–Crippen MR) is 17.9 cm³/mol. The van der Waals surface area contributed by atoms with Gasteiger partial charge in [-0.05, 0) is 0 Å². The van der Waals surface area contributed by atoms with Crippen LogP contribution in [0, 0.1) is 0 Å². The third-order valence-electron chi connectivity index (χ3n) is 0. The van der Waals surface area contributed by atoms with Gasteiger partial charge in [0, 0.05) is 33.3 Å². The first kappa shape index (κ1) is 23.0. The van der Waals surface area contributed by atoms with Crippen molar-refractivity contribution in [1.29, 1.82) is 0 Å². The maximum atomic E-state index is 8.88. The first-order valence-electron chi connectivity index (χ1n) is 0.783. The molecule has 59 valence electrons. The van der Waals surface area contributed by atoms with E-state index < -0.39 is 7.82 Å². The normalized spacial score (nSPS) is 7.38. The summed E-state index contributed by atoms with van der Waals surface area (Å²) >= 11 is 0. The molecule has 0 aliphatic heterocycles. The molecule has 0 amide bonds. The Hall–Kier alpha value is 1.07. The number of hydrogen-bond donors (Lipinski definition) is 3. The molecule has 5 N–H and O–H groups in total. The molecule has 0 aliphatic rings. The zero-order valence-corrected chi connectivity index (χ0v) is 6.27. The Morgan fingerprint density at radius 1 is 1.12 bits per heavy atom. The molecule has 1 radical (unpaired) electrons. The van der Waals surface area contributed by atoms with Gasteiger partial charge in [0.15, 0.2) is 0 Å². The molecular weight excluding hydrogens is 229 g/mol. The molecule has 5 nitrogen and oxygen atoms in total. The molecule has 0 aliphatic carbocycles. The van der Waals surface area contributed by atoms with Crippen LogP contribution < -0.4 is 0 Å². The topological polar surface area (TPSA) is 109 Å². The van der Waals surface area contributed by atoms with Gasteiger partial charge < -0.3 is 20.2 Å². The van der Waals surface area contributed by atoms with Gasteiger partial charge in [0.1, 0.15) is 0 Å². The van der Waals surface area contributed by atoms with E-state index in [1.54, 1.807) is 0 Å². The van der Waals surface area contributed by atoms with Crippen LogP contribution in [0.5, 0.6) is 0 Å². The summed E-state index contributed by atoms with van der Waals surface area (Å²) in [4.78, 5) is 21.6. The molecule has 0 aromatic carbocycles. The Balaban J connectivity index is -0.0000000267. The molecule has 0 spiro atoms. The van der Waals surface area contributed by atoms with Crippen LogP contribution in [0.25, 0.3) is 0 Å². The van der Waals surface area contributed by atoms with Crippen LogP contribution >= 0.6 is 7.82 Å². The van der Waals surface area contributed by atoms with Crippen molar-refractivity contribution in [3.05, 3.63) is 0 Å². The van der Waals surface area contributed by atoms with Gasteiger partial charge in [-0.25, -0.2) is 4.57 Å². The Labute approximate surface area is 66.2 Å². The van der Waals surface area contributed by atoms with E-state index in [0.717, 1.165) is 0 Å². The first-order valence-corrected chi connectivity index (χ1v) is 2.35. The Morgan fingerprint density at radius 2 is 1.12 bits per heavy atom. The van der Waals surface area contributed by atoms with Crippen LogP contribution in [0.2, 0.25) is 0 Å². The third-order valence-corrected chi connectivity index (χ3v) is 0. The molecule has 0 fully saturated rings. The molecule has 8 heavy (non-hydrogen) atoms. The van der Waals surface area contributed by atoms with Crippen molar-refractivity contribution >= 4 is 7.82 Å². The average molecular weight is 234 g/mol. The van der Waals surface area contributed by atoms with Gasteiger partial charge in [-0.3, -0.25) is 0 Å². The summed E-state index contributed by atoms with van der Waals surface area (Å²) in [6.45, 7) is 0. The molecular formula is H5CoNiO5P. The second kappa shape index (κ2) is 8.07. The van der Waals surface area contributed by atoms with Gasteiger partial charge in [0.05, 0.1) is 0 Å². The van der Waals surface area contributed by atoms with Crippen molar-refractivity contribution in [2.75, 3.05) is 0 Å². The Morgan fingerprint density at radius 3 is 1.12 bits per heavy atom. The summed E-state index contributed by atoms with van der Waals surface area (Å²) in [7, 11) is -4.64. The van der Waals surface area contributed by atoms with Crippen LogP contribution in [0.15, 0.2) is 0 Å². The number of phosphoric acid groups is 1. The van der Waals surface area contributed by atoms with Crippen molar-refractivity contribution in [1.82, 2.24) is 0 Å². The van der Waals surface area contributed by atoms with Crippen LogP contribution in [-0.4, -0.2) is 20.2 Å². The Kier molecular flexibility index (Phi) is 23.2. The summed E-state index contributed by atoms with van der Waals surface area (Å²) in [6.07, 6.45) is 0. The summed E-state index contributed by atoms with van der Waals surface area (Å²) in [5.41, 5.74) is 0. The van der Waals surface area contributed by atoms with E-state index in [9.17, 15) is 0 Å². The van der Waals surface area contributed by atoms with Gasteiger partial charge >= 0.3 is 7.82 Å². The van der Waals surface area contributed by atoms with E-state index in [2.05, 4.69) is 0 Å². The zero-order chi connectivity index (χ0) is 4.50. The monoisotopic (exact) mass is 233 g/mol. The van der Waals surface area contributed by atoms with E-state index in [4.69, 9.17) is 19.2 Å². The summed E-state index contributed by atoms with van der Waals surface area (Å²) in [5.74, 6) is 0. The van der Waals surface area contributed by atoms with Crippen molar-refractivity contribution in [2.45, 2.75) is 0 Å². The van der Waals surface area contributed by atoms with Gasteiger partial charge in [-0.1, -0.05) is 0 Å². The van der Waals surface area contributed by atoms with E-state index in [-0.39, 0.29) is 38.7 Å². The molecule has 0 bridgehead atoms. The van der Waals surface area contributed by atoms with Gasteiger partial charge in [-0.2, -0.15) is 0 Å². The quantitative estimate of drug-likeness (QED) is 0.340. The minimum absolute atomic E-state index is 0. The standard InChI is InChI=1S/Co.Ni.H3O4P.H2O/c;;1-5(2,3)4;/h;;(H3,1,2,3,4);1H2. The van der Waals surface area contributed by atoms with Gasteiger partial charge in [0.2, 0.25) is 0 Å². The summed E-state index contributed by atoms with van der Waals surface area (Å²) < 4.78 is 8.88. The minimum Gasteiger partial charge on any atom is -0.412 e. The maximum absolute atomic E-state index is 8.88. The van der Waals surface area contributed by atoms with Crippen molar-refractivity contribution < 1.29 is 58.0 Å². The second-order valence-electron chi connectivity index (χ2n) is 0.513. The molecule has 0 atom stereocenters. The molecule has 0 saturated carbocycles. The van der Waals surface area contributed by atoms with Crippen LogP contribution in [0.4, 0.5) is 0 Å². The van der Waals surface area contributed by atoms with E-state index in [1.807, 2.05) is 0 Å². The number of hydrogen-bond acceptors (Lipinski definition) is 1. The molecule has 0 aromatic heterocycles.